The van der Waals surface area contributed by atoms with Crippen molar-refractivity contribution >= 4 is 5.91 Å². The molecule has 1 saturated heterocycles. The molecule has 0 aromatic carbocycles. The first kappa shape index (κ1) is 9.97. The maximum Gasteiger partial charge on any atom is 0.225 e. The zero-order chi connectivity index (χ0) is 9.97. The quantitative estimate of drug-likeness (QED) is 0.731. The predicted molar refractivity (Wildman–Crippen MR) is 55.7 cm³/mol. The first-order chi connectivity index (χ1) is 6.81. The molecular weight excluding hydrogens is 176 g/mol. The van der Waals surface area contributed by atoms with E-state index in [1.165, 1.54) is 6.42 Å². The molecule has 1 heterocycles. The first-order valence-electron chi connectivity index (χ1n) is 5.80. The smallest absolute Gasteiger partial charge is 0.225 e. The molecule has 1 aliphatic heterocycles. The normalized spacial score (nSPS) is 27.8. The molecule has 1 unspecified atom stereocenters. The predicted octanol–water partition coefficient (Wildman–Crippen LogP) is 0.984. The summed E-state index contributed by atoms with van der Waals surface area (Å²) >= 11 is 0. The first-order valence-corrected chi connectivity index (χ1v) is 5.80. The Morgan fingerprint density at radius 3 is 2.71 bits per heavy atom. The van der Waals surface area contributed by atoms with E-state index in [2.05, 4.69) is 4.90 Å². The van der Waals surface area contributed by atoms with Gasteiger partial charge in [0.2, 0.25) is 5.91 Å². The topological polar surface area (TPSA) is 46.3 Å². The fourth-order valence-electron chi connectivity index (χ4n) is 2.42. The van der Waals surface area contributed by atoms with Gasteiger partial charge in [0.1, 0.15) is 0 Å². The van der Waals surface area contributed by atoms with Gasteiger partial charge in [-0.3, -0.25) is 4.79 Å². The van der Waals surface area contributed by atoms with Crippen molar-refractivity contribution in [1.82, 2.24) is 4.90 Å². The van der Waals surface area contributed by atoms with Crippen LogP contribution in [-0.4, -0.2) is 30.4 Å². The highest BCUT2D eigenvalue weighted by atomic mass is 16.2. The van der Waals surface area contributed by atoms with Gasteiger partial charge in [-0.2, -0.15) is 0 Å². The molecule has 1 saturated carbocycles. The molecule has 2 aliphatic rings. The Morgan fingerprint density at radius 2 is 2.14 bits per heavy atom. The Balaban J connectivity index is 1.79. The second-order valence-corrected chi connectivity index (χ2v) is 4.64. The van der Waals surface area contributed by atoms with E-state index < -0.39 is 0 Å². The van der Waals surface area contributed by atoms with Crippen LogP contribution in [-0.2, 0) is 4.79 Å². The van der Waals surface area contributed by atoms with Gasteiger partial charge in [-0.15, -0.1) is 0 Å². The summed E-state index contributed by atoms with van der Waals surface area (Å²) in [4.78, 5) is 13.9. The van der Waals surface area contributed by atoms with Gasteiger partial charge in [-0.25, -0.2) is 0 Å². The number of nitrogens with zero attached hydrogens (tertiary/aromatic N) is 1. The second-order valence-electron chi connectivity index (χ2n) is 4.64. The Kier molecular flexibility index (Phi) is 3.06. The summed E-state index contributed by atoms with van der Waals surface area (Å²) in [6, 6.07) is 0. The summed E-state index contributed by atoms with van der Waals surface area (Å²) in [5, 5.41) is 0. The van der Waals surface area contributed by atoms with Gasteiger partial charge in [-0.1, -0.05) is 6.42 Å². The summed E-state index contributed by atoms with van der Waals surface area (Å²) in [7, 11) is 0. The fraction of sp³-hybridized carbons (Fsp3) is 0.909. The number of likely N-dealkylation sites (tertiary alicyclic amines) is 1. The molecule has 1 aliphatic carbocycles. The summed E-state index contributed by atoms with van der Waals surface area (Å²) in [6.07, 6.45) is 5.73. The molecule has 80 valence electrons. The minimum atomic E-state index is 0.367. The highest BCUT2D eigenvalue weighted by Gasteiger charge is 2.33. The Labute approximate surface area is 85.6 Å². The van der Waals surface area contributed by atoms with Crippen LogP contribution >= 0.6 is 0 Å². The number of nitrogens with two attached hydrogens (primary N) is 1. The molecule has 2 N–H and O–H groups in total. The molecule has 1 atom stereocenters. The minimum absolute atomic E-state index is 0.367. The van der Waals surface area contributed by atoms with Gasteiger partial charge in [0, 0.05) is 19.0 Å². The van der Waals surface area contributed by atoms with Crippen molar-refractivity contribution in [3.05, 3.63) is 0 Å². The maximum absolute atomic E-state index is 11.9. The number of carbonyl (C=O) groups excluding carboxylic acids is 1. The van der Waals surface area contributed by atoms with E-state index in [0.717, 1.165) is 45.3 Å². The van der Waals surface area contributed by atoms with E-state index in [1.54, 1.807) is 0 Å². The highest BCUT2D eigenvalue weighted by molar-refractivity contribution is 5.79. The Bertz CT molecular complexity index is 213. The third-order valence-corrected chi connectivity index (χ3v) is 3.63. The second kappa shape index (κ2) is 4.30. The van der Waals surface area contributed by atoms with Crippen LogP contribution in [0.5, 0.6) is 0 Å². The number of carbonyl (C=O) groups is 1. The average Bonchev–Trinajstić information content (AvgIpc) is 2.50. The van der Waals surface area contributed by atoms with E-state index in [4.69, 9.17) is 5.73 Å². The van der Waals surface area contributed by atoms with Crippen molar-refractivity contribution in [3.8, 4) is 0 Å². The molecule has 3 nitrogen and oxygen atoms in total. The van der Waals surface area contributed by atoms with Crippen LogP contribution in [0.2, 0.25) is 0 Å². The fourth-order valence-corrected chi connectivity index (χ4v) is 2.42. The Hall–Kier alpha value is -0.570. The van der Waals surface area contributed by atoms with Gasteiger partial charge in [0.05, 0.1) is 0 Å². The lowest BCUT2D eigenvalue weighted by Gasteiger charge is -2.29. The van der Waals surface area contributed by atoms with Crippen molar-refractivity contribution in [2.75, 3.05) is 19.6 Å². The van der Waals surface area contributed by atoms with E-state index in [9.17, 15) is 4.79 Å². The molecule has 0 bridgehead atoms. The molecular formula is C11H20N2O. The SMILES string of the molecule is NCCC1CCN(C(=O)C2CCC2)C1. The molecule has 0 spiro atoms. The summed E-state index contributed by atoms with van der Waals surface area (Å²) < 4.78 is 0. The van der Waals surface area contributed by atoms with Crippen LogP contribution in [0.4, 0.5) is 0 Å². The zero-order valence-electron chi connectivity index (χ0n) is 8.74. The van der Waals surface area contributed by atoms with Crippen LogP contribution < -0.4 is 5.73 Å². The van der Waals surface area contributed by atoms with Crippen molar-refractivity contribution in [2.24, 2.45) is 17.6 Å². The number of hydrogen-bond acceptors (Lipinski definition) is 2. The van der Waals surface area contributed by atoms with Gasteiger partial charge >= 0.3 is 0 Å². The molecule has 0 aromatic heterocycles. The lowest BCUT2D eigenvalue weighted by atomic mass is 9.84. The van der Waals surface area contributed by atoms with E-state index in [0.29, 0.717) is 17.7 Å². The van der Waals surface area contributed by atoms with Crippen molar-refractivity contribution in [3.63, 3.8) is 0 Å². The van der Waals surface area contributed by atoms with Crippen LogP contribution in [0, 0.1) is 11.8 Å². The summed E-state index contributed by atoms with van der Waals surface area (Å²) in [5.41, 5.74) is 5.52. The van der Waals surface area contributed by atoms with Crippen molar-refractivity contribution < 1.29 is 4.79 Å². The third-order valence-electron chi connectivity index (χ3n) is 3.63. The van der Waals surface area contributed by atoms with E-state index in [-0.39, 0.29) is 0 Å². The molecule has 0 radical (unpaired) electrons. The highest BCUT2D eigenvalue weighted by Crippen LogP contribution is 2.30. The minimum Gasteiger partial charge on any atom is -0.342 e. The molecule has 14 heavy (non-hydrogen) atoms. The van der Waals surface area contributed by atoms with Crippen LogP contribution in [0.3, 0.4) is 0 Å². The van der Waals surface area contributed by atoms with Gasteiger partial charge in [-0.05, 0) is 38.1 Å². The van der Waals surface area contributed by atoms with Crippen LogP contribution in [0.15, 0.2) is 0 Å². The molecule has 0 aromatic rings. The monoisotopic (exact) mass is 196 g/mol. The molecule has 2 rings (SSSR count). The average molecular weight is 196 g/mol. The van der Waals surface area contributed by atoms with Crippen molar-refractivity contribution in [1.29, 1.82) is 0 Å². The molecule has 1 amide bonds. The van der Waals surface area contributed by atoms with Gasteiger partial charge in [0.25, 0.3) is 0 Å². The largest absolute Gasteiger partial charge is 0.342 e. The summed E-state index contributed by atoms with van der Waals surface area (Å²) in [5.74, 6) is 1.45. The van der Waals surface area contributed by atoms with Crippen LogP contribution in [0.25, 0.3) is 0 Å². The lowest BCUT2D eigenvalue weighted by molar-refractivity contribution is -0.137. The number of rotatable bonds is 3. The Morgan fingerprint density at radius 1 is 1.36 bits per heavy atom. The molecule has 2 fully saturated rings. The van der Waals surface area contributed by atoms with Gasteiger partial charge in [0.15, 0.2) is 0 Å². The summed E-state index contributed by atoms with van der Waals surface area (Å²) in [6.45, 7) is 2.70. The number of hydrogen-bond donors (Lipinski definition) is 1. The standard InChI is InChI=1S/C11H20N2O/c12-6-4-9-5-7-13(8-9)11(14)10-2-1-3-10/h9-10H,1-8,12H2. The van der Waals surface area contributed by atoms with E-state index >= 15 is 0 Å². The third kappa shape index (κ3) is 1.92. The molecule has 3 heteroatoms. The van der Waals surface area contributed by atoms with E-state index in [1.807, 2.05) is 0 Å². The number of amides is 1. The van der Waals surface area contributed by atoms with Crippen molar-refractivity contribution in [2.45, 2.75) is 32.1 Å². The van der Waals surface area contributed by atoms with Gasteiger partial charge < -0.3 is 10.6 Å². The lowest BCUT2D eigenvalue weighted by Crippen LogP contribution is -2.37. The zero-order valence-corrected chi connectivity index (χ0v) is 8.74. The van der Waals surface area contributed by atoms with Crippen LogP contribution in [0.1, 0.15) is 32.1 Å². The maximum atomic E-state index is 11.9.